The Labute approximate surface area is 123 Å². The number of hydrogen-bond donors (Lipinski definition) is 1. The Kier molecular flexibility index (Phi) is 3.59. The van der Waals surface area contributed by atoms with Crippen LogP contribution < -0.4 is 5.32 Å². The number of allylic oxidation sites excluding steroid dienone is 1. The van der Waals surface area contributed by atoms with E-state index in [-0.39, 0.29) is 21.8 Å². The van der Waals surface area contributed by atoms with E-state index >= 15 is 0 Å². The molecule has 0 spiro atoms. The zero-order valence-corrected chi connectivity index (χ0v) is 11.8. The van der Waals surface area contributed by atoms with E-state index in [1.54, 1.807) is 12.1 Å². The van der Waals surface area contributed by atoms with Crippen molar-refractivity contribution >= 4 is 11.5 Å². The molecule has 1 saturated heterocycles. The first-order valence-corrected chi connectivity index (χ1v) is 7.27. The van der Waals surface area contributed by atoms with Crippen molar-refractivity contribution in [2.45, 2.75) is 25.7 Å². The van der Waals surface area contributed by atoms with Crippen LogP contribution in [0.25, 0.3) is 0 Å². The fourth-order valence-electron chi connectivity index (χ4n) is 3.42. The number of carbonyl (C=O) groups excluding carboxylic acids is 1. The maximum atomic E-state index is 11.7. The molecule has 3 rings (SSSR count). The molecule has 110 valence electrons. The van der Waals surface area contributed by atoms with Crippen LogP contribution in [-0.4, -0.2) is 23.8 Å². The van der Waals surface area contributed by atoms with Crippen molar-refractivity contribution in [3.05, 3.63) is 51.6 Å². The third kappa shape index (κ3) is 2.74. The van der Waals surface area contributed by atoms with Crippen molar-refractivity contribution < 1.29 is 9.72 Å². The topological polar surface area (TPSA) is 72.2 Å². The number of fused-ring (bicyclic) bond motifs is 1. The number of benzene rings is 1. The first-order chi connectivity index (χ1) is 10.1. The normalized spacial score (nSPS) is 25.1. The summed E-state index contributed by atoms with van der Waals surface area (Å²) in [6.07, 6.45) is 5.03. The molecule has 1 aromatic rings. The second-order valence-electron chi connectivity index (χ2n) is 5.94. The summed E-state index contributed by atoms with van der Waals surface area (Å²) in [6, 6.07) is 6.77. The first kappa shape index (κ1) is 13.9. The fourth-order valence-corrected chi connectivity index (χ4v) is 3.42. The summed E-state index contributed by atoms with van der Waals surface area (Å²) in [5.74, 6) is 0.228. The molecule has 2 aliphatic rings. The van der Waals surface area contributed by atoms with Crippen molar-refractivity contribution in [2.75, 3.05) is 13.1 Å². The van der Waals surface area contributed by atoms with Gasteiger partial charge < -0.3 is 5.32 Å². The van der Waals surface area contributed by atoms with Crippen molar-refractivity contribution in [1.29, 1.82) is 0 Å². The lowest BCUT2D eigenvalue weighted by molar-refractivity contribution is -0.384. The highest BCUT2D eigenvalue weighted by molar-refractivity contribution is 5.91. The molecule has 1 aliphatic heterocycles. The Morgan fingerprint density at radius 1 is 1.24 bits per heavy atom. The second kappa shape index (κ2) is 5.41. The zero-order valence-electron chi connectivity index (χ0n) is 11.8. The lowest BCUT2D eigenvalue weighted by Gasteiger charge is -2.42. The minimum absolute atomic E-state index is 0.00227. The number of nitro benzene ring substituents is 1. The molecule has 5 nitrogen and oxygen atoms in total. The molecular formula is C16H18N2O3. The summed E-state index contributed by atoms with van der Waals surface area (Å²) in [5, 5.41) is 14.1. The van der Waals surface area contributed by atoms with Gasteiger partial charge in [0.25, 0.3) is 5.69 Å². The monoisotopic (exact) mass is 286 g/mol. The van der Waals surface area contributed by atoms with Crippen molar-refractivity contribution in [1.82, 2.24) is 5.32 Å². The van der Waals surface area contributed by atoms with Crippen LogP contribution in [0.3, 0.4) is 0 Å². The van der Waals surface area contributed by atoms with Crippen LogP contribution in [0, 0.1) is 15.5 Å². The number of nitrogens with zero attached hydrogens (tertiary/aromatic N) is 1. The van der Waals surface area contributed by atoms with E-state index in [4.69, 9.17) is 0 Å². The smallest absolute Gasteiger partial charge is 0.269 e. The molecular weight excluding hydrogens is 268 g/mol. The molecule has 0 amide bonds. The van der Waals surface area contributed by atoms with E-state index < -0.39 is 0 Å². The third-order valence-corrected chi connectivity index (χ3v) is 4.59. The van der Waals surface area contributed by atoms with E-state index in [9.17, 15) is 14.9 Å². The van der Waals surface area contributed by atoms with Gasteiger partial charge in [-0.2, -0.15) is 0 Å². The summed E-state index contributed by atoms with van der Waals surface area (Å²) in [5.41, 5.74) is 2.45. The van der Waals surface area contributed by atoms with Crippen LogP contribution in [-0.2, 0) is 11.2 Å². The highest BCUT2D eigenvalue weighted by Gasteiger charge is 2.39. The third-order valence-electron chi connectivity index (χ3n) is 4.59. The first-order valence-electron chi connectivity index (χ1n) is 7.27. The summed E-state index contributed by atoms with van der Waals surface area (Å²) in [7, 11) is 0. The van der Waals surface area contributed by atoms with Crippen LogP contribution >= 0.6 is 0 Å². The van der Waals surface area contributed by atoms with E-state index in [0.717, 1.165) is 37.9 Å². The van der Waals surface area contributed by atoms with E-state index in [1.807, 2.05) is 18.2 Å². The molecule has 1 N–H and O–H groups in total. The number of nitro groups is 1. The molecule has 0 bridgehead atoms. The van der Waals surface area contributed by atoms with Crippen LogP contribution in [0.5, 0.6) is 0 Å². The minimum atomic E-state index is -0.380. The van der Waals surface area contributed by atoms with E-state index in [1.165, 1.54) is 5.57 Å². The Hall–Kier alpha value is -2.01. The van der Waals surface area contributed by atoms with Gasteiger partial charge in [-0.05, 0) is 37.4 Å². The molecule has 1 unspecified atom stereocenters. The number of non-ortho nitro benzene ring substituents is 1. The van der Waals surface area contributed by atoms with Gasteiger partial charge in [0.15, 0.2) is 5.78 Å². The highest BCUT2D eigenvalue weighted by atomic mass is 16.6. The fraction of sp³-hybridized carbons (Fsp3) is 0.438. The predicted octanol–water partition coefficient (Wildman–Crippen LogP) is 2.41. The molecule has 1 atom stereocenters. The number of carbonyl (C=O) groups is 1. The van der Waals surface area contributed by atoms with E-state index in [0.29, 0.717) is 6.42 Å². The Morgan fingerprint density at radius 2 is 2.00 bits per heavy atom. The van der Waals surface area contributed by atoms with Gasteiger partial charge >= 0.3 is 0 Å². The molecule has 1 aromatic carbocycles. The lowest BCUT2D eigenvalue weighted by atomic mass is 9.66. The van der Waals surface area contributed by atoms with Crippen LogP contribution in [0.15, 0.2) is 35.9 Å². The Morgan fingerprint density at radius 3 is 2.71 bits per heavy atom. The molecule has 0 saturated carbocycles. The van der Waals surface area contributed by atoms with Gasteiger partial charge in [0.05, 0.1) is 4.92 Å². The number of piperidine rings is 1. The SMILES string of the molecule is O=C1C=C2CCNCC2(Cc2ccc([N+](=O)[O-])cc2)CC1. The van der Waals surface area contributed by atoms with Gasteiger partial charge in [0.1, 0.15) is 0 Å². The summed E-state index contributed by atoms with van der Waals surface area (Å²) >= 11 is 0. The van der Waals surface area contributed by atoms with Crippen molar-refractivity contribution in [3.8, 4) is 0 Å². The Balaban J connectivity index is 1.86. The van der Waals surface area contributed by atoms with Gasteiger partial charge in [-0.3, -0.25) is 14.9 Å². The summed E-state index contributed by atoms with van der Waals surface area (Å²) in [4.78, 5) is 22.0. The standard InChI is InChI=1S/C16H18N2O3/c19-15-5-7-16(11-17-8-6-13(16)9-15)10-12-1-3-14(4-2-12)18(20)21/h1-4,9,17H,5-8,10-11H2. The summed E-state index contributed by atoms with van der Waals surface area (Å²) in [6.45, 7) is 1.80. The summed E-state index contributed by atoms with van der Waals surface area (Å²) < 4.78 is 0. The van der Waals surface area contributed by atoms with Gasteiger partial charge in [-0.15, -0.1) is 0 Å². The predicted molar refractivity (Wildman–Crippen MR) is 79.0 cm³/mol. The zero-order chi connectivity index (χ0) is 14.9. The van der Waals surface area contributed by atoms with Gasteiger partial charge in [-0.25, -0.2) is 0 Å². The lowest BCUT2D eigenvalue weighted by Crippen LogP contribution is -2.45. The van der Waals surface area contributed by atoms with Crippen molar-refractivity contribution in [2.24, 2.45) is 5.41 Å². The van der Waals surface area contributed by atoms with Gasteiger partial charge in [-0.1, -0.05) is 17.7 Å². The minimum Gasteiger partial charge on any atom is -0.316 e. The maximum absolute atomic E-state index is 11.7. The average Bonchev–Trinajstić information content (AvgIpc) is 2.48. The molecule has 21 heavy (non-hydrogen) atoms. The average molecular weight is 286 g/mol. The molecule has 0 radical (unpaired) electrons. The van der Waals surface area contributed by atoms with Gasteiger partial charge in [0.2, 0.25) is 0 Å². The maximum Gasteiger partial charge on any atom is 0.269 e. The quantitative estimate of drug-likeness (QED) is 0.684. The van der Waals surface area contributed by atoms with E-state index in [2.05, 4.69) is 5.32 Å². The van der Waals surface area contributed by atoms with Crippen LogP contribution in [0.4, 0.5) is 5.69 Å². The van der Waals surface area contributed by atoms with Crippen molar-refractivity contribution in [3.63, 3.8) is 0 Å². The van der Waals surface area contributed by atoms with Crippen LogP contribution in [0.2, 0.25) is 0 Å². The molecule has 1 fully saturated rings. The largest absolute Gasteiger partial charge is 0.316 e. The molecule has 5 heteroatoms. The van der Waals surface area contributed by atoms with Gasteiger partial charge in [0, 0.05) is 30.5 Å². The second-order valence-corrected chi connectivity index (χ2v) is 5.94. The molecule has 1 heterocycles. The number of hydrogen-bond acceptors (Lipinski definition) is 4. The number of nitrogens with one attached hydrogen (secondary N) is 1. The number of ketones is 1. The molecule has 1 aliphatic carbocycles. The Bertz CT molecular complexity index is 606. The highest BCUT2D eigenvalue weighted by Crippen LogP contribution is 2.42. The van der Waals surface area contributed by atoms with Crippen LogP contribution in [0.1, 0.15) is 24.8 Å². The molecule has 0 aromatic heterocycles. The number of rotatable bonds is 3.